The van der Waals surface area contributed by atoms with E-state index in [0.29, 0.717) is 11.1 Å². The van der Waals surface area contributed by atoms with Crippen molar-refractivity contribution in [3.05, 3.63) is 68.5 Å². The van der Waals surface area contributed by atoms with E-state index in [1.165, 1.54) is 16.8 Å². The average molecular weight is 471 g/mol. The molecule has 11 heteroatoms. The van der Waals surface area contributed by atoms with Crippen molar-refractivity contribution in [3.63, 3.8) is 0 Å². The number of ether oxygens (including phenoxy) is 3. The second-order valence-electron chi connectivity index (χ2n) is 8.97. The lowest BCUT2D eigenvalue weighted by molar-refractivity contribution is -0.200. The van der Waals surface area contributed by atoms with E-state index in [-0.39, 0.29) is 37.9 Å². The summed E-state index contributed by atoms with van der Waals surface area (Å²) in [5.74, 6) is -1.69. The standard InChI is InChI=1S/C23H25N3O8/c1-23(2)33-17-15(12-27)32-21(18(17)34-23)26-11-8-16(28)24(22(26)31)9-5-10-25-19(29)13-6-3-4-7-14(13)20(25)30/h3-4,6-8,11,15,17-18,21,27H,5,9-10,12H2,1-2H3/t15-,17-,18-,21-/m1/s1. The smallest absolute Gasteiger partial charge is 0.333 e. The predicted molar refractivity (Wildman–Crippen MR) is 116 cm³/mol. The Labute approximate surface area is 194 Å². The molecule has 0 saturated carbocycles. The van der Waals surface area contributed by atoms with E-state index >= 15 is 0 Å². The van der Waals surface area contributed by atoms with Crippen molar-refractivity contribution in [2.45, 2.75) is 57.1 Å². The first-order chi connectivity index (χ1) is 16.2. The van der Waals surface area contributed by atoms with Crippen LogP contribution in [0.4, 0.5) is 0 Å². The van der Waals surface area contributed by atoms with Crippen LogP contribution >= 0.6 is 0 Å². The molecular weight excluding hydrogens is 446 g/mol. The number of hydrogen-bond acceptors (Lipinski definition) is 8. The molecule has 1 N–H and O–H groups in total. The highest BCUT2D eigenvalue weighted by Crippen LogP contribution is 2.42. The van der Waals surface area contributed by atoms with Gasteiger partial charge in [-0.15, -0.1) is 0 Å². The van der Waals surface area contributed by atoms with Crippen LogP contribution in [0.1, 0.15) is 47.2 Å². The predicted octanol–water partition coefficient (Wildman–Crippen LogP) is 0.106. The van der Waals surface area contributed by atoms with Crippen LogP contribution in [0.5, 0.6) is 0 Å². The van der Waals surface area contributed by atoms with E-state index < -0.39 is 41.6 Å². The number of aliphatic hydroxyl groups is 1. The average Bonchev–Trinajstić information content (AvgIpc) is 3.38. The summed E-state index contributed by atoms with van der Waals surface area (Å²) in [5.41, 5.74) is -0.439. The van der Waals surface area contributed by atoms with Gasteiger partial charge < -0.3 is 19.3 Å². The molecule has 4 atom stereocenters. The Bertz CT molecular complexity index is 1230. The first-order valence-corrected chi connectivity index (χ1v) is 11.1. The van der Waals surface area contributed by atoms with E-state index in [0.717, 1.165) is 9.47 Å². The molecule has 34 heavy (non-hydrogen) atoms. The van der Waals surface area contributed by atoms with E-state index in [1.807, 2.05) is 0 Å². The molecule has 0 bridgehead atoms. The van der Waals surface area contributed by atoms with E-state index in [9.17, 15) is 24.3 Å². The van der Waals surface area contributed by atoms with Gasteiger partial charge in [0.05, 0.1) is 17.7 Å². The zero-order valence-electron chi connectivity index (χ0n) is 18.7. The van der Waals surface area contributed by atoms with Crippen LogP contribution in [0.25, 0.3) is 0 Å². The minimum Gasteiger partial charge on any atom is -0.394 e. The highest BCUT2D eigenvalue weighted by Gasteiger charge is 2.56. The normalized spacial score (nSPS) is 27.3. The molecule has 2 aromatic rings. The second-order valence-corrected chi connectivity index (χ2v) is 8.97. The molecule has 2 amide bonds. The van der Waals surface area contributed by atoms with Crippen molar-refractivity contribution in [2.75, 3.05) is 13.2 Å². The third-order valence-corrected chi connectivity index (χ3v) is 6.32. The number of fused-ring (bicyclic) bond motifs is 2. The first kappa shape index (κ1) is 22.7. The van der Waals surface area contributed by atoms with E-state index in [2.05, 4.69) is 0 Å². The zero-order valence-corrected chi connectivity index (χ0v) is 18.7. The van der Waals surface area contributed by atoms with Gasteiger partial charge in [-0.05, 0) is 32.4 Å². The van der Waals surface area contributed by atoms with Gasteiger partial charge >= 0.3 is 5.69 Å². The van der Waals surface area contributed by atoms with Crippen molar-refractivity contribution in [2.24, 2.45) is 0 Å². The first-order valence-electron chi connectivity index (χ1n) is 11.1. The molecule has 11 nitrogen and oxygen atoms in total. The van der Waals surface area contributed by atoms with Crippen LogP contribution in [-0.2, 0) is 20.8 Å². The van der Waals surface area contributed by atoms with Crippen molar-refractivity contribution >= 4 is 11.8 Å². The van der Waals surface area contributed by atoms with Crippen molar-refractivity contribution in [1.82, 2.24) is 14.0 Å². The van der Waals surface area contributed by atoms with Crippen LogP contribution in [0.3, 0.4) is 0 Å². The molecule has 2 saturated heterocycles. The third kappa shape index (κ3) is 3.61. The number of carbonyl (C=O) groups excluding carboxylic acids is 2. The Balaban J connectivity index is 1.34. The minimum absolute atomic E-state index is 0.000986. The van der Waals surface area contributed by atoms with Gasteiger partial charge in [-0.2, -0.15) is 0 Å². The van der Waals surface area contributed by atoms with Gasteiger partial charge in [0.15, 0.2) is 12.0 Å². The number of amides is 2. The zero-order chi connectivity index (χ0) is 24.2. The molecule has 2 fully saturated rings. The number of rotatable bonds is 6. The summed E-state index contributed by atoms with van der Waals surface area (Å²) < 4.78 is 19.9. The van der Waals surface area contributed by atoms with Crippen LogP contribution in [0.2, 0.25) is 0 Å². The van der Waals surface area contributed by atoms with Gasteiger partial charge in [0.1, 0.15) is 18.3 Å². The van der Waals surface area contributed by atoms with E-state index in [1.54, 1.807) is 38.1 Å². The summed E-state index contributed by atoms with van der Waals surface area (Å²) in [6.45, 7) is 3.22. The van der Waals surface area contributed by atoms with Crippen LogP contribution < -0.4 is 11.2 Å². The molecule has 3 aliphatic rings. The molecule has 0 aliphatic carbocycles. The molecule has 0 spiro atoms. The molecule has 0 unspecified atom stereocenters. The number of aliphatic hydroxyl groups excluding tert-OH is 1. The summed E-state index contributed by atoms with van der Waals surface area (Å²) >= 11 is 0. The molecule has 5 rings (SSSR count). The van der Waals surface area contributed by atoms with Crippen LogP contribution in [0, 0.1) is 0 Å². The molecule has 4 heterocycles. The Hall–Kier alpha value is -3.12. The lowest BCUT2D eigenvalue weighted by atomic mass is 10.1. The fourth-order valence-electron chi connectivity index (χ4n) is 4.79. The number of carbonyl (C=O) groups is 2. The molecular formula is C23H25N3O8. The van der Waals surface area contributed by atoms with E-state index in [4.69, 9.17) is 14.2 Å². The highest BCUT2D eigenvalue weighted by molar-refractivity contribution is 6.21. The summed E-state index contributed by atoms with van der Waals surface area (Å²) in [5, 5.41) is 9.68. The highest BCUT2D eigenvalue weighted by atomic mass is 16.8. The number of nitrogens with zero attached hydrogens (tertiary/aromatic N) is 3. The van der Waals surface area contributed by atoms with Gasteiger partial charge in [-0.1, -0.05) is 12.1 Å². The van der Waals surface area contributed by atoms with Crippen molar-refractivity contribution in [3.8, 4) is 0 Å². The summed E-state index contributed by atoms with van der Waals surface area (Å²) in [7, 11) is 0. The quantitative estimate of drug-likeness (QED) is 0.588. The molecule has 0 radical (unpaired) electrons. The fraction of sp³-hybridized carbons (Fsp3) is 0.478. The minimum atomic E-state index is -0.908. The maximum atomic E-state index is 13.2. The van der Waals surface area contributed by atoms with Gasteiger partial charge in [0.2, 0.25) is 0 Å². The Morgan fingerprint density at radius 3 is 2.24 bits per heavy atom. The van der Waals surface area contributed by atoms with Crippen LogP contribution in [-0.4, -0.2) is 68.2 Å². The topological polar surface area (TPSA) is 129 Å². The lowest BCUT2D eigenvalue weighted by Crippen LogP contribution is -2.43. The molecule has 3 aliphatic heterocycles. The number of benzene rings is 1. The summed E-state index contributed by atoms with van der Waals surface area (Å²) in [6.07, 6.45) is -1.23. The van der Waals surface area contributed by atoms with Crippen molar-refractivity contribution < 1.29 is 28.9 Å². The Kier molecular flexibility index (Phi) is 5.52. The fourth-order valence-corrected chi connectivity index (χ4v) is 4.79. The maximum Gasteiger partial charge on any atom is 0.333 e. The number of hydrogen-bond donors (Lipinski definition) is 1. The summed E-state index contributed by atoms with van der Waals surface area (Å²) in [6, 6.07) is 7.82. The molecule has 180 valence electrons. The van der Waals surface area contributed by atoms with Gasteiger partial charge in [-0.3, -0.25) is 28.4 Å². The largest absolute Gasteiger partial charge is 0.394 e. The molecule has 1 aromatic carbocycles. The summed E-state index contributed by atoms with van der Waals surface area (Å²) in [4.78, 5) is 51.9. The van der Waals surface area contributed by atoms with Gasteiger partial charge in [0.25, 0.3) is 17.4 Å². The third-order valence-electron chi connectivity index (χ3n) is 6.32. The van der Waals surface area contributed by atoms with Crippen molar-refractivity contribution in [1.29, 1.82) is 0 Å². The lowest BCUT2D eigenvalue weighted by Gasteiger charge is -2.24. The monoisotopic (exact) mass is 471 g/mol. The van der Waals surface area contributed by atoms with Gasteiger partial charge in [-0.25, -0.2) is 4.79 Å². The molecule has 1 aromatic heterocycles. The number of aromatic nitrogens is 2. The van der Waals surface area contributed by atoms with Crippen LogP contribution in [0.15, 0.2) is 46.1 Å². The van der Waals surface area contributed by atoms with Gasteiger partial charge in [0, 0.05) is 25.4 Å². The Morgan fingerprint density at radius 1 is 0.941 bits per heavy atom. The maximum absolute atomic E-state index is 13.2. The Morgan fingerprint density at radius 2 is 1.59 bits per heavy atom. The number of imide groups is 1. The second kappa shape index (κ2) is 8.27. The SMILES string of the molecule is CC1(C)O[C@@H]2[C@H](O1)[C@@H](CO)O[C@H]2n1ccc(=O)n(CCCN2C(=O)c3ccccc3C2=O)c1=O.